The van der Waals surface area contributed by atoms with Crippen molar-refractivity contribution in [3.8, 4) is 0 Å². The van der Waals surface area contributed by atoms with Crippen molar-refractivity contribution in [2.45, 2.75) is 20.0 Å². The van der Waals surface area contributed by atoms with Gasteiger partial charge < -0.3 is 10.4 Å². The molecule has 1 unspecified atom stereocenters. The van der Waals surface area contributed by atoms with E-state index in [1.165, 1.54) is 0 Å². The molecule has 0 spiro atoms. The van der Waals surface area contributed by atoms with E-state index in [0.29, 0.717) is 5.56 Å². The van der Waals surface area contributed by atoms with Gasteiger partial charge in [-0.25, -0.2) is 0 Å². The number of hydrogen-bond donors (Lipinski definition) is 2. The normalized spacial score (nSPS) is 12.3. The number of benzene rings is 2. The Morgan fingerprint density at radius 3 is 2.78 bits per heavy atom. The van der Waals surface area contributed by atoms with Crippen LogP contribution in [0.5, 0.6) is 0 Å². The highest BCUT2D eigenvalue weighted by Crippen LogP contribution is 2.29. The quantitative estimate of drug-likeness (QED) is 0.762. The van der Waals surface area contributed by atoms with Gasteiger partial charge in [0.1, 0.15) is 0 Å². The molecule has 0 saturated heterocycles. The van der Waals surface area contributed by atoms with E-state index in [9.17, 15) is 9.90 Å². The van der Waals surface area contributed by atoms with Crippen LogP contribution in [0.4, 0.5) is 0 Å². The Balaban J connectivity index is 1.71. The Hall–Kier alpha value is -2.17. The lowest BCUT2D eigenvalue weighted by Crippen LogP contribution is -2.28. The maximum Gasteiger partial charge on any atom is 0.251 e. The van der Waals surface area contributed by atoms with Crippen LogP contribution in [-0.4, -0.2) is 17.6 Å². The second kappa shape index (κ2) is 6.52. The fraction of sp³-hybridized carbons (Fsp3) is 0.211. The number of thiophene rings is 1. The summed E-state index contributed by atoms with van der Waals surface area (Å²) < 4.78 is 1.14. The van der Waals surface area contributed by atoms with Crippen LogP contribution in [-0.2, 0) is 0 Å². The van der Waals surface area contributed by atoms with Gasteiger partial charge in [-0.1, -0.05) is 35.9 Å². The van der Waals surface area contributed by atoms with E-state index < -0.39 is 6.10 Å². The molecule has 0 fully saturated rings. The number of aliphatic hydroxyl groups excluding tert-OH is 1. The van der Waals surface area contributed by atoms with Gasteiger partial charge in [-0.15, -0.1) is 11.3 Å². The summed E-state index contributed by atoms with van der Waals surface area (Å²) in [4.78, 5) is 12.3. The monoisotopic (exact) mass is 325 g/mol. The molecule has 3 aromatic rings. The molecular formula is C19H19NO2S. The van der Waals surface area contributed by atoms with E-state index in [-0.39, 0.29) is 12.5 Å². The molecule has 1 amide bonds. The molecule has 1 aromatic heterocycles. The summed E-state index contributed by atoms with van der Waals surface area (Å²) >= 11 is 1.60. The first-order valence-electron chi connectivity index (χ1n) is 7.56. The number of carbonyl (C=O) groups excluding carboxylic acids is 1. The highest BCUT2D eigenvalue weighted by molar-refractivity contribution is 7.17. The Labute approximate surface area is 139 Å². The summed E-state index contributed by atoms with van der Waals surface area (Å²) in [6.07, 6.45) is -0.708. The zero-order chi connectivity index (χ0) is 16.4. The highest BCUT2D eigenvalue weighted by atomic mass is 32.1. The molecule has 2 N–H and O–H groups in total. The van der Waals surface area contributed by atoms with E-state index in [1.807, 2.05) is 61.7 Å². The maximum absolute atomic E-state index is 12.3. The van der Waals surface area contributed by atoms with Crippen LogP contribution >= 0.6 is 11.3 Å². The van der Waals surface area contributed by atoms with Crippen molar-refractivity contribution in [1.29, 1.82) is 0 Å². The minimum absolute atomic E-state index is 0.152. The van der Waals surface area contributed by atoms with Crippen molar-refractivity contribution in [1.82, 2.24) is 5.32 Å². The number of hydrogen-bond acceptors (Lipinski definition) is 3. The number of carbonyl (C=O) groups is 1. The molecule has 0 saturated carbocycles. The van der Waals surface area contributed by atoms with Crippen molar-refractivity contribution in [3.05, 3.63) is 70.1 Å². The smallest absolute Gasteiger partial charge is 0.251 e. The minimum Gasteiger partial charge on any atom is -0.387 e. The Morgan fingerprint density at radius 2 is 2.00 bits per heavy atom. The molecule has 23 heavy (non-hydrogen) atoms. The van der Waals surface area contributed by atoms with Crippen LogP contribution in [0.25, 0.3) is 10.1 Å². The topological polar surface area (TPSA) is 49.3 Å². The average Bonchev–Trinajstić information content (AvgIpc) is 2.96. The van der Waals surface area contributed by atoms with Crippen molar-refractivity contribution in [2.24, 2.45) is 0 Å². The Kier molecular flexibility index (Phi) is 4.46. The lowest BCUT2D eigenvalue weighted by molar-refractivity contribution is 0.0916. The predicted octanol–water partition coefficient (Wildman–Crippen LogP) is 3.98. The third kappa shape index (κ3) is 3.28. The fourth-order valence-electron chi connectivity index (χ4n) is 2.72. The fourth-order valence-corrected chi connectivity index (χ4v) is 3.73. The summed E-state index contributed by atoms with van der Waals surface area (Å²) in [7, 11) is 0. The number of nitrogens with one attached hydrogen (secondary N) is 1. The van der Waals surface area contributed by atoms with Gasteiger partial charge in [0.2, 0.25) is 0 Å². The van der Waals surface area contributed by atoms with Crippen LogP contribution in [0.2, 0.25) is 0 Å². The summed E-state index contributed by atoms with van der Waals surface area (Å²) in [5, 5.41) is 16.2. The third-order valence-corrected chi connectivity index (χ3v) is 4.93. The molecule has 0 bridgehead atoms. The number of amides is 1. The predicted molar refractivity (Wildman–Crippen MR) is 95.0 cm³/mol. The lowest BCUT2D eigenvalue weighted by atomic mass is 10.0. The van der Waals surface area contributed by atoms with Gasteiger partial charge in [-0.2, -0.15) is 0 Å². The zero-order valence-electron chi connectivity index (χ0n) is 13.2. The average molecular weight is 325 g/mol. The first-order chi connectivity index (χ1) is 11.1. The second-order valence-corrected chi connectivity index (χ2v) is 6.64. The third-order valence-electron chi connectivity index (χ3n) is 3.95. The molecule has 4 heteroatoms. The van der Waals surface area contributed by atoms with Crippen LogP contribution in [0.3, 0.4) is 0 Å². The first kappa shape index (κ1) is 15.7. The van der Waals surface area contributed by atoms with Crippen molar-refractivity contribution < 1.29 is 9.90 Å². The summed E-state index contributed by atoms with van der Waals surface area (Å²) in [6.45, 7) is 4.12. The van der Waals surface area contributed by atoms with E-state index in [1.54, 1.807) is 11.3 Å². The lowest BCUT2D eigenvalue weighted by Gasteiger charge is -2.13. The van der Waals surface area contributed by atoms with Crippen molar-refractivity contribution in [3.63, 3.8) is 0 Å². The summed E-state index contributed by atoms with van der Waals surface area (Å²) in [6, 6.07) is 13.7. The summed E-state index contributed by atoms with van der Waals surface area (Å²) in [5.74, 6) is -0.152. The number of aliphatic hydroxyl groups is 1. The molecule has 0 aliphatic rings. The van der Waals surface area contributed by atoms with Crippen molar-refractivity contribution >= 4 is 27.3 Å². The van der Waals surface area contributed by atoms with Gasteiger partial charge >= 0.3 is 0 Å². The first-order valence-corrected chi connectivity index (χ1v) is 8.44. The Bertz CT molecular complexity index is 853. The van der Waals surface area contributed by atoms with Gasteiger partial charge in [0.05, 0.1) is 6.10 Å². The molecule has 1 heterocycles. The van der Waals surface area contributed by atoms with Gasteiger partial charge in [0, 0.05) is 22.4 Å². The largest absolute Gasteiger partial charge is 0.387 e. The molecule has 0 aliphatic carbocycles. The molecule has 0 aliphatic heterocycles. The maximum atomic E-state index is 12.3. The Morgan fingerprint density at radius 1 is 1.22 bits per heavy atom. The number of fused-ring (bicyclic) bond motifs is 1. The molecule has 2 aromatic carbocycles. The standard InChI is InChI=1S/C19H19NO2S/c1-12-7-8-14(13(2)9-12)19(22)20-10-17(21)16-11-23-18-6-4-3-5-15(16)18/h3-9,11,17,21H,10H2,1-2H3,(H,20,22). The SMILES string of the molecule is Cc1ccc(C(=O)NCC(O)c2csc3ccccc23)c(C)c1. The van der Waals surface area contributed by atoms with Crippen LogP contribution < -0.4 is 5.32 Å². The number of aryl methyl sites for hydroxylation is 2. The van der Waals surface area contributed by atoms with Crippen LogP contribution in [0.15, 0.2) is 47.8 Å². The van der Waals surface area contributed by atoms with E-state index in [4.69, 9.17) is 0 Å². The molecule has 1 atom stereocenters. The second-order valence-electron chi connectivity index (χ2n) is 5.73. The molecule has 118 valence electrons. The van der Waals surface area contributed by atoms with Crippen molar-refractivity contribution in [2.75, 3.05) is 6.54 Å². The van der Waals surface area contributed by atoms with Crippen LogP contribution in [0.1, 0.15) is 33.2 Å². The van der Waals surface area contributed by atoms with Gasteiger partial charge in [0.25, 0.3) is 5.91 Å². The molecule has 3 rings (SSSR count). The van der Waals surface area contributed by atoms with Gasteiger partial charge in [-0.3, -0.25) is 4.79 Å². The van der Waals surface area contributed by atoms with Gasteiger partial charge in [-0.05, 0) is 42.3 Å². The molecular weight excluding hydrogens is 306 g/mol. The van der Waals surface area contributed by atoms with E-state index in [0.717, 1.165) is 26.8 Å². The highest BCUT2D eigenvalue weighted by Gasteiger charge is 2.15. The van der Waals surface area contributed by atoms with Gasteiger partial charge in [0.15, 0.2) is 0 Å². The van der Waals surface area contributed by atoms with E-state index >= 15 is 0 Å². The summed E-state index contributed by atoms with van der Waals surface area (Å²) in [5.41, 5.74) is 3.59. The zero-order valence-corrected chi connectivity index (χ0v) is 14.0. The van der Waals surface area contributed by atoms with Crippen LogP contribution in [0, 0.1) is 13.8 Å². The molecule has 0 radical (unpaired) electrons. The molecule has 3 nitrogen and oxygen atoms in total. The minimum atomic E-state index is -0.708. The van der Waals surface area contributed by atoms with E-state index in [2.05, 4.69) is 5.32 Å². The number of rotatable bonds is 4.